The number of Topliss-reactive ketones (excluding diaryl/α,β-unsaturated/α-hetero) is 2. The number of hydrogen-bond acceptors (Lipinski definition) is 10. The summed E-state index contributed by atoms with van der Waals surface area (Å²) < 4.78 is 17.7. The van der Waals surface area contributed by atoms with E-state index in [4.69, 9.17) is 9.47 Å². The normalized spacial score (nSPS) is 20.7. The number of piperazine rings is 2. The van der Waals surface area contributed by atoms with Crippen molar-refractivity contribution in [3.63, 3.8) is 0 Å². The molecule has 2 saturated carbocycles. The van der Waals surface area contributed by atoms with Crippen LogP contribution in [0.5, 0.6) is 11.5 Å². The Morgan fingerprint density at radius 3 is 1.48 bits per heavy atom. The molecule has 18 nitrogen and oxygen atoms in total. The second-order valence-electron chi connectivity index (χ2n) is 18.7. The summed E-state index contributed by atoms with van der Waals surface area (Å²) in [6.07, 6.45) is 7.73. The number of benzene rings is 2. The molecule has 0 unspecified atom stereocenters. The lowest BCUT2D eigenvalue weighted by molar-refractivity contribution is -0.149. The second kappa shape index (κ2) is 24.2. The maximum absolute atomic E-state index is 13.1. The van der Waals surface area contributed by atoms with Crippen molar-refractivity contribution in [2.45, 2.75) is 91.1 Å². The van der Waals surface area contributed by atoms with E-state index in [9.17, 15) is 38.4 Å². The van der Waals surface area contributed by atoms with Crippen LogP contribution in [0.25, 0.3) is 22.1 Å². The van der Waals surface area contributed by atoms with Crippen LogP contribution in [0.3, 0.4) is 0 Å². The van der Waals surface area contributed by atoms with Crippen molar-refractivity contribution in [3.05, 3.63) is 57.4 Å². The Balaban J connectivity index is 0.000000205. The topological polar surface area (TPSA) is 196 Å². The first-order valence-electron chi connectivity index (χ1n) is 24.3. The van der Waals surface area contributed by atoms with E-state index in [2.05, 4.69) is 21.2 Å². The Kier molecular flexibility index (Phi) is 18.5. The largest absolute Gasteiger partial charge is 0.497 e. The maximum atomic E-state index is 13.1. The van der Waals surface area contributed by atoms with E-state index in [-0.39, 0.29) is 78.0 Å². The fraction of sp³-hybridized carbons (Fsp3) is 0.600. The van der Waals surface area contributed by atoms with Gasteiger partial charge in [0.15, 0.2) is 5.78 Å². The predicted octanol–water partition coefficient (Wildman–Crippen LogP) is 4.28. The fourth-order valence-corrected chi connectivity index (χ4v) is 10.3. The molecule has 2 aliphatic carbocycles. The molecule has 4 aliphatic rings. The van der Waals surface area contributed by atoms with Gasteiger partial charge in [-0.2, -0.15) is 0 Å². The van der Waals surface area contributed by atoms with Gasteiger partial charge in [0, 0.05) is 90.2 Å². The first-order valence-corrected chi connectivity index (χ1v) is 25.4. The van der Waals surface area contributed by atoms with Crippen LogP contribution < -0.4 is 26.2 Å². The van der Waals surface area contributed by atoms with Crippen molar-refractivity contribution in [2.24, 2.45) is 37.8 Å². The third kappa shape index (κ3) is 12.7. The molecule has 4 aromatic rings. The molecule has 8 rings (SSSR count). The lowest BCUT2D eigenvalue weighted by Gasteiger charge is -2.37. The summed E-state index contributed by atoms with van der Waals surface area (Å²) in [5.74, 6) is 2.24. The third-order valence-electron chi connectivity index (χ3n) is 14.3. The number of nitrogens with zero attached hydrogens (tertiary/aromatic N) is 7. The van der Waals surface area contributed by atoms with Crippen LogP contribution in [-0.4, -0.2) is 134 Å². The molecule has 69 heavy (non-hydrogen) atoms. The zero-order chi connectivity index (χ0) is 49.9. The van der Waals surface area contributed by atoms with Crippen molar-refractivity contribution < 1.29 is 38.2 Å². The summed E-state index contributed by atoms with van der Waals surface area (Å²) in [7, 11) is 6.81. The van der Waals surface area contributed by atoms with E-state index in [1.165, 1.54) is 0 Å². The number of aromatic nitrogens is 4. The molecule has 1 N–H and O–H groups in total. The Bertz CT molecular complexity index is 2610. The molecule has 0 atom stereocenters. The zero-order valence-corrected chi connectivity index (χ0v) is 42.6. The number of alkyl halides is 1. The van der Waals surface area contributed by atoms with Gasteiger partial charge in [0.25, 0.3) is 0 Å². The van der Waals surface area contributed by atoms with Crippen molar-refractivity contribution in [1.82, 2.24) is 38.3 Å². The summed E-state index contributed by atoms with van der Waals surface area (Å²) in [5, 5.41) is 3.26. The minimum absolute atomic E-state index is 0.0125. The molecule has 2 aromatic heterocycles. The number of hydrogen-bond donors (Lipinski definition) is 1. The maximum Gasteiger partial charge on any atom is 0.328 e. The van der Waals surface area contributed by atoms with E-state index < -0.39 is 0 Å². The van der Waals surface area contributed by atoms with Gasteiger partial charge in [-0.25, -0.2) is 9.59 Å². The number of ketones is 2. The average molecular weight is 1020 g/mol. The molecule has 4 amide bonds. The van der Waals surface area contributed by atoms with Crippen LogP contribution in [0.4, 0.5) is 0 Å². The molecule has 19 heteroatoms. The van der Waals surface area contributed by atoms with Crippen molar-refractivity contribution in [1.29, 1.82) is 0 Å². The minimum Gasteiger partial charge on any atom is -0.497 e. The van der Waals surface area contributed by atoms with E-state index in [1.807, 2.05) is 52.5 Å². The Labute approximate surface area is 411 Å². The van der Waals surface area contributed by atoms with Crippen LogP contribution in [0.1, 0.15) is 78.1 Å². The van der Waals surface area contributed by atoms with E-state index >= 15 is 0 Å². The highest BCUT2D eigenvalue weighted by Crippen LogP contribution is 2.34. The molecular formula is C50H69BrN8O10. The Morgan fingerprint density at radius 2 is 1.09 bits per heavy atom. The smallest absolute Gasteiger partial charge is 0.328 e. The molecule has 4 heterocycles. The number of imidazole rings is 2. The zero-order valence-electron chi connectivity index (χ0n) is 41.0. The van der Waals surface area contributed by atoms with Crippen molar-refractivity contribution in [2.75, 3.05) is 65.4 Å². The fourth-order valence-electron chi connectivity index (χ4n) is 9.91. The molecule has 4 fully saturated rings. The van der Waals surface area contributed by atoms with Gasteiger partial charge in [-0.05, 0) is 87.5 Å². The number of aryl methyl sites for hydroxylation is 2. The third-order valence-corrected chi connectivity index (χ3v) is 14.9. The van der Waals surface area contributed by atoms with E-state index in [1.54, 1.807) is 59.1 Å². The highest BCUT2D eigenvalue weighted by atomic mass is 79.9. The molecule has 0 radical (unpaired) electrons. The molecule has 0 bridgehead atoms. The van der Waals surface area contributed by atoms with Crippen molar-refractivity contribution in [3.8, 4) is 11.5 Å². The number of halogens is 1. The van der Waals surface area contributed by atoms with E-state index in [0.29, 0.717) is 69.3 Å². The standard InChI is InChI=1S/C25H34N4O5.C21H28N4O4.C4H7BrO/c1-4-19(30)15-27-11-12-28(16-23(27)31)24(32)18-7-5-17(6-8-18)14-29-22-13-20(34-3)9-10-21(22)26(2)25(29)33;1-23-17-8-7-16(29-2)11-18(17)25(21(23)28)12-14-3-5-15(6-4-14)20(27)24-10-9-22-19(26)13-24;1-2-4(6)3-5/h9-10,13,17-18H,4-8,11-12,14-16H2,1-3H3;7-8,11,14-15H,3-6,9-10,12-13H2,1-2H3,(H,22,26);2-3H2,1H3. The highest BCUT2D eigenvalue weighted by Gasteiger charge is 2.35. The molecule has 2 aromatic carbocycles. The van der Waals surface area contributed by atoms with Gasteiger partial charge in [0.2, 0.25) is 23.6 Å². The Hall–Kier alpha value is -5.72. The summed E-state index contributed by atoms with van der Waals surface area (Å²) in [5.41, 5.74) is 3.45. The molecule has 0 spiro atoms. The quantitative estimate of drug-likeness (QED) is 0.189. The molecule has 2 saturated heterocycles. The first-order chi connectivity index (χ1) is 33.1. The number of fused-ring (bicyclic) bond motifs is 2. The van der Waals surface area contributed by atoms with Crippen LogP contribution >= 0.6 is 15.9 Å². The van der Waals surface area contributed by atoms with E-state index in [0.717, 1.165) is 84.9 Å². The molecular weight excluding hydrogens is 952 g/mol. The van der Waals surface area contributed by atoms with Crippen LogP contribution in [-0.2, 0) is 56.0 Å². The lowest BCUT2D eigenvalue weighted by Crippen LogP contribution is -2.54. The predicted molar refractivity (Wildman–Crippen MR) is 265 cm³/mol. The number of amides is 4. The number of carbonyl (C=O) groups is 6. The number of ether oxygens (including phenoxy) is 2. The summed E-state index contributed by atoms with van der Waals surface area (Å²) >= 11 is 3.03. The van der Waals surface area contributed by atoms with Crippen LogP contribution in [0, 0.1) is 23.7 Å². The molecule has 376 valence electrons. The average Bonchev–Trinajstić information content (AvgIpc) is 3.75. The van der Waals surface area contributed by atoms with Gasteiger partial charge < -0.3 is 29.5 Å². The van der Waals surface area contributed by atoms with Gasteiger partial charge in [-0.3, -0.25) is 47.0 Å². The van der Waals surface area contributed by atoms with Gasteiger partial charge in [-0.15, -0.1) is 0 Å². The van der Waals surface area contributed by atoms with Gasteiger partial charge in [-0.1, -0.05) is 29.8 Å². The molecule has 2 aliphatic heterocycles. The van der Waals surface area contributed by atoms with Gasteiger partial charge >= 0.3 is 11.4 Å². The Morgan fingerprint density at radius 1 is 0.623 bits per heavy atom. The SMILES string of the molecule is CCC(=O)CBr.CCC(=O)CN1CCN(C(=O)C2CCC(Cn3c(=O)n(C)c4ccc(OC)cc43)CC2)CC1=O.COc1ccc2c(c1)n(CC1CCC(C(=O)N3CCNC(=O)C3)CC1)c(=O)n2C. The summed E-state index contributed by atoms with van der Waals surface area (Å²) in [6, 6.07) is 11.3. The number of rotatable bonds is 13. The number of carbonyl (C=O) groups excluding carboxylic acids is 6. The summed E-state index contributed by atoms with van der Waals surface area (Å²) in [6.45, 7) is 7.30. The van der Waals surface area contributed by atoms with Crippen LogP contribution in [0.15, 0.2) is 46.0 Å². The monoisotopic (exact) mass is 1020 g/mol. The van der Waals surface area contributed by atoms with Gasteiger partial charge in [0.05, 0.1) is 61.3 Å². The second-order valence-corrected chi connectivity index (χ2v) is 19.2. The first kappa shape index (κ1) is 52.6. The van der Waals surface area contributed by atoms with Gasteiger partial charge in [0.1, 0.15) is 17.3 Å². The number of methoxy groups -OCH3 is 2. The van der Waals surface area contributed by atoms with Crippen LogP contribution in [0.2, 0.25) is 0 Å². The highest BCUT2D eigenvalue weighted by molar-refractivity contribution is 9.09. The number of nitrogens with one attached hydrogen (secondary N) is 1. The minimum atomic E-state index is -0.152. The lowest BCUT2D eigenvalue weighted by atomic mass is 9.81. The van der Waals surface area contributed by atoms with Crippen molar-refractivity contribution >= 4 is 73.2 Å². The summed E-state index contributed by atoms with van der Waals surface area (Å²) in [4.78, 5) is 102.